The van der Waals surface area contributed by atoms with Gasteiger partial charge in [0.25, 0.3) is 0 Å². The smallest absolute Gasteiger partial charge is 0.187 e. The van der Waals surface area contributed by atoms with Gasteiger partial charge in [-0.1, -0.05) is 41.5 Å². The van der Waals surface area contributed by atoms with Gasteiger partial charge >= 0.3 is 0 Å². The fourth-order valence-electron chi connectivity index (χ4n) is 17.6. The Balaban J connectivity index is 0.934. The van der Waals surface area contributed by atoms with Crippen molar-refractivity contribution in [1.29, 1.82) is 0 Å². The van der Waals surface area contributed by atoms with Crippen LogP contribution >= 0.6 is 0 Å². The standard InChI is InChI=1S/C53H86O22/c1-23-32(59)35(62)38(65)43(69-23)74-41-37(64)34(61)26(19-55)71-46(41)73-40-24(57)20-67-45(42(40)75-44-39(66)36(63)33(60)25(18-54)70-44)72-31-10-11-49(5)27(47(31,2)3)8-12-50(6)28(49)9-13-53-29-16-48(4,21-56)14-15-52(29,22-68-53)30(58)17-51(50,53)7/h21,23-46,54-55,57-66H,8-20,22H2,1-7H3. The molecule has 0 amide bonds. The predicted molar refractivity (Wildman–Crippen MR) is 255 cm³/mol. The maximum absolute atomic E-state index is 12.6. The largest absolute Gasteiger partial charge is 0.394 e. The minimum absolute atomic E-state index is 0.0639. The van der Waals surface area contributed by atoms with E-state index in [1.807, 2.05) is 0 Å². The van der Waals surface area contributed by atoms with Crippen molar-refractivity contribution in [3.8, 4) is 0 Å². The second-order valence-corrected chi connectivity index (χ2v) is 26.2. The van der Waals surface area contributed by atoms with Gasteiger partial charge in [0, 0.05) is 16.2 Å². The van der Waals surface area contributed by atoms with Gasteiger partial charge in [-0.3, -0.25) is 0 Å². The van der Waals surface area contributed by atoms with E-state index in [1.54, 1.807) is 0 Å². The third-order valence-corrected chi connectivity index (χ3v) is 22.3. The zero-order valence-electron chi connectivity index (χ0n) is 44.3. The molecule has 5 aliphatic carbocycles. The molecular formula is C53H86O22. The average Bonchev–Trinajstić information content (AvgIpc) is 3.86. The molecule has 5 heterocycles. The van der Waals surface area contributed by atoms with E-state index in [1.165, 1.54) is 6.92 Å². The molecule has 22 nitrogen and oxygen atoms in total. The zero-order chi connectivity index (χ0) is 54.3. The lowest BCUT2D eigenvalue weighted by Gasteiger charge is -2.75. The molecule has 30 atom stereocenters. The van der Waals surface area contributed by atoms with Crippen LogP contribution in [-0.4, -0.2) is 229 Å². The second kappa shape index (κ2) is 20.1. The average molecular weight is 1080 g/mol. The van der Waals surface area contributed by atoms with E-state index in [-0.39, 0.29) is 39.4 Å². The lowest BCUT2D eigenvalue weighted by molar-refractivity contribution is -0.401. The number of hydrogen-bond donors (Lipinski definition) is 12. The summed E-state index contributed by atoms with van der Waals surface area (Å²) < 4.78 is 56.8. The van der Waals surface area contributed by atoms with Gasteiger partial charge in [0.05, 0.1) is 50.3 Å². The number of fused-ring (bicyclic) bond motifs is 4. The lowest BCUT2D eigenvalue weighted by atomic mass is 9.30. The van der Waals surface area contributed by atoms with Gasteiger partial charge in [-0.15, -0.1) is 0 Å². The van der Waals surface area contributed by atoms with E-state index < -0.39 is 165 Å². The lowest BCUT2D eigenvalue weighted by Crippen LogP contribution is -2.74. The van der Waals surface area contributed by atoms with Crippen LogP contribution in [0.1, 0.15) is 113 Å². The first-order valence-corrected chi connectivity index (χ1v) is 27.5. The Labute approximate surface area is 437 Å². The summed E-state index contributed by atoms with van der Waals surface area (Å²) in [5.74, 6) is 0.408. The minimum Gasteiger partial charge on any atom is -0.394 e. The summed E-state index contributed by atoms with van der Waals surface area (Å²) in [5.41, 5.74) is -2.67. The number of rotatable bonds is 11. The first-order valence-electron chi connectivity index (χ1n) is 27.5. The summed E-state index contributed by atoms with van der Waals surface area (Å²) in [6.07, 6.45) is -24.0. The van der Waals surface area contributed by atoms with Gasteiger partial charge in [-0.25, -0.2) is 0 Å². The molecule has 75 heavy (non-hydrogen) atoms. The molecule has 5 saturated heterocycles. The molecule has 22 heteroatoms. The van der Waals surface area contributed by atoms with Gasteiger partial charge in [0.1, 0.15) is 91.7 Å². The Bertz CT molecular complexity index is 2050. The summed E-state index contributed by atoms with van der Waals surface area (Å²) in [7, 11) is 0. The highest BCUT2D eigenvalue weighted by atomic mass is 16.8. The number of carbonyl (C=O) groups is 1. The highest BCUT2D eigenvalue weighted by Gasteiger charge is 2.80. The van der Waals surface area contributed by atoms with Gasteiger partial charge < -0.3 is 109 Å². The normalized spacial score (nSPS) is 58.5. The predicted octanol–water partition coefficient (Wildman–Crippen LogP) is -1.50. The van der Waals surface area contributed by atoms with E-state index in [9.17, 15) is 66.1 Å². The van der Waals surface area contributed by atoms with Crippen LogP contribution in [0.2, 0.25) is 0 Å². The molecule has 430 valence electrons. The van der Waals surface area contributed by atoms with Gasteiger partial charge in [-0.05, 0) is 105 Å². The number of aliphatic hydroxyl groups is 12. The van der Waals surface area contributed by atoms with Crippen molar-refractivity contribution in [3.63, 3.8) is 0 Å². The molecule has 0 aromatic heterocycles. The summed E-state index contributed by atoms with van der Waals surface area (Å²) in [6, 6.07) is 0. The third kappa shape index (κ3) is 8.54. The summed E-state index contributed by atoms with van der Waals surface area (Å²) >= 11 is 0. The van der Waals surface area contributed by atoms with Crippen LogP contribution in [-0.2, 0) is 47.4 Å². The third-order valence-electron chi connectivity index (χ3n) is 22.3. The molecule has 5 aliphatic heterocycles. The quantitative estimate of drug-likeness (QED) is 0.0827. The minimum atomic E-state index is -1.92. The Morgan fingerprint density at radius 1 is 0.560 bits per heavy atom. The monoisotopic (exact) mass is 1070 g/mol. The maximum atomic E-state index is 12.6. The molecule has 1 spiro atoms. The SMILES string of the molecule is CC1OC(OC2C(OC3C(O)COC(OC4CCC5(C)C(CCC6(C)C5CCC57OCC8(CCC(C)(C=O)CC85)C(O)CC67C)C4(C)C)C3OC3OC(CO)C(O)C(O)C3O)OC(CO)C(O)C2O)C(O)C(O)C1O. The fraction of sp³-hybridized carbons (Fsp3) is 0.981. The van der Waals surface area contributed by atoms with Crippen LogP contribution in [0, 0.1) is 50.2 Å². The Kier molecular flexibility index (Phi) is 15.3. The fourth-order valence-corrected chi connectivity index (χ4v) is 17.6. The van der Waals surface area contributed by atoms with E-state index in [0.29, 0.717) is 25.9 Å². The van der Waals surface area contributed by atoms with Gasteiger partial charge in [0.2, 0.25) is 0 Å². The summed E-state index contributed by atoms with van der Waals surface area (Å²) in [6.45, 7) is 13.5. The highest BCUT2D eigenvalue weighted by molar-refractivity contribution is 5.59. The molecule has 10 aliphatic rings. The van der Waals surface area contributed by atoms with Crippen molar-refractivity contribution in [2.24, 2.45) is 50.2 Å². The van der Waals surface area contributed by atoms with E-state index in [0.717, 1.165) is 51.2 Å². The van der Waals surface area contributed by atoms with Crippen LogP contribution in [0.5, 0.6) is 0 Å². The van der Waals surface area contributed by atoms with E-state index >= 15 is 0 Å². The van der Waals surface area contributed by atoms with Crippen LogP contribution in [0.15, 0.2) is 0 Å². The molecule has 10 fully saturated rings. The maximum Gasteiger partial charge on any atom is 0.187 e. The molecule has 0 aromatic carbocycles. The Morgan fingerprint density at radius 2 is 1.16 bits per heavy atom. The van der Waals surface area contributed by atoms with E-state index in [2.05, 4.69) is 41.5 Å². The molecule has 5 saturated carbocycles. The number of aldehydes is 1. The van der Waals surface area contributed by atoms with Crippen molar-refractivity contribution < 1.29 is 109 Å². The van der Waals surface area contributed by atoms with Crippen molar-refractivity contribution in [2.45, 2.75) is 247 Å². The number of aliphatic hydroxyl groups excluding tert-OH is 12. The van der Waals surface area contributed by atoms with Crippen molar-refractivity contribution in [1.82, 2.24) is 0 Å². The van der Waals surface area contributed by atoms with E-state index in [4.69, 9.17) is 42.6 Å². The first-order chi connectivity index (χ1) is 35.2. The highest BCUT2D eigenvalue weighted by Crippen LogP contribution is 2.80. The van der Waals surface area contributed by atoms with Crippen molar-refractivity contribution in [2.75, 3.05) is 26.4 Å². The Hall–Kier alpha value is -1.17. The molecule has 2 bridgehead atoms. The van der Waals surface area contributed by atoms with Crippen molar-refractivity contribution >= 4 is 6.29 Å². The van der Waals surface area contributed by atoms with Crippen LogP contribution in [0.25, 0.3) is 0 Å². The summed E-state index contributed by atoms with van der Waals surface area (Å²) in [5, 5.41) is 132. The molecule has 12 N–H and O–H groups in total. The Morgan fingerprint density at radius 3 is 1.83 bits per heavy atom. The molecule has 10 rings (SSSR count). The summed E-state index contributed by atoms with van der Waals surface area (Å²) in [4.78, 5) is 12.6. The molecule has 0 radical (unpaired) electrons. The van der Waals surface area contributed by atoms with Gasteiger partial charge in [0.15, 0.2) is 25.2 Å². The topological polar surface area (TPSA) is 343 Å². The van der Waals surface area contributed by atoms with Crippen LogP contribution in [0.4, 0.5) is 0 Å². The second-order valence-electron chi connectivity index (χ2n) is 26.2. The first kappa shape index (κ1) is 57.1. The molecule has 30 unspecified atom stereocenters. The number of hydrogen-bond acceptors (Lipinski definition) is 22. The number of ether oxygens (including phenoxy) is 9. The molecule has 0 aromatic rings. The zero-order valence-corrected chi connectivity index (χ0v) is 44.3. The van der Waals surface area contributed by atoms with Crippen LogP contribution in [0.3, 0.4) is 0 Å². The number of carbonyl (C=O) groups excluding carboxylic acids is 1. The molecular weight excluding hydrogens is 989 g/mol. The van der Waals surface area contributed by atoms with Crippen molar-refractivity contribution in [3.05, 3.63) is 0 Å². The van der Waals surface area contributed by atoms with Gasteiger partial charge in [-0.2, -0.15) is 0 Å². The van der Waals surface area contributed by atoms with Crippen LogP contribution < -0.4 is 0 Å².